The molecule has 0 saturated carbocycles. The molecule has 2 N–H and O–H groups in total. The highest BCUT2D eigenvalue weighted by molar-refractivity contribution is 5.80. The van der Waals surface area contributed by atoms with Gasteiger partial charge in [0.05, 0.1) is 19.2 Å². The highest BCUT2D eigenvalue weighted by Crippen LogP contribution is 1.99. The molecule has 18 heavy (non-hydrogen) atoms. The first-order chi connectivity index (χ1) is 8.54. The highest BCUT2D eigenvalue weighted by atomic mass is 16.5. The van der Waals surface area contributed by atoms with Gasteiger partial charge in [-0.25, -0.2) is 4.79 Å². The van der Waals surface area contributed by atoms with Gasteiger partial charge in [-0.15, -0.1) is 6.42 Å². The minimum Gasteiger partial charge on any atom is -0.480 e. The van der Waals surface area contributed by atoms with Gasteiger partial charge in [0.25, 0.3) is 0 Å². The number of carbonyl (C=O) groups excluding carboxylic acids is 1. The first-order valence-corrected chi connectivity index (χ1v) is 5.74. The number of amides is 2. The molecule has 0 spiro atoms. The van der Waals surface area contributed by atoms with Gasteiger partial charge >= 0.3 is 12.0 Å². The number of ether oxygens (including phenoxy) is 1. The Balaban J connectivity index is 4.45. The zero-order valence-corrected chi connectivity index (χ0v) is 10.8. The van der Waals surface area contributed by atoms with Crippen LogP contribution in [0, 0.1) is 12.3 Å². The topological polar surface area (TPSA) is 78.9 Å². The number of hydrogen-bond acceptors (Lipinski definition) is 3. The molecule has 0 aromatic carbocycles. The van der Waals surface area contributed by atoms with E-state index >= 15 is 0 Å². The van der Waals surface area contributed by atoms with Crippen molar-refractivity contribution in [1.29, 1.82) is 0 Å². The van der Waals surface area contributed by atoms with Gasteiger partial charge in [-0.3, -0.25) is 4.79 Å². The number of methoxy groups -OCH3 is 1. The zero-order valence-electron chi connectivity index (χ0n) is 10.8. The third-order valence-corrected chi connectivity index (χ3v) is 2.23. The Kier molecular flexibility index (Phi) is 8.41. The van der Waals surface area contributed by atoms with Crippen molar-refractivity contribution in [3.8, 4) is 12.3 Å². The highest BCUT2D eigenvalue weighted by Gasteiger charge is 2.18. The van der Waals surface area contributed by atoms with Crippen LogP contribution >= 0.6 is 0 Å². The van der Waals surface area contributed by atoms with Crippen LogP contribution in [0.3, 0.4) is 0 Å². The molecule has 0 aromatic heterocycles. The van der Waals surface area contributed by atoms with Crippen molar-refractivity contribution in [2.24, 2.45) is 0 Å². The summed E-state index contributed by atoms with van der Waals surface area (Å²) in [6.45, 7) is 1.92. The molecule has 2 amide bonds. The average molecular weight is 256 g/mol. The van der Waals surface area contributed by atoms with E-state index in [1.807, 2.05) is 6.92 Å². The maximum absolute atomic E-state index is 11.8. The van der Waals surface area contributed by atoms with Crippen LogP contribution in [0.15, 0.2) is 0 Å². The molecule has 0 aliphatic heterocycles. The number of carbonyl (C=O) groups is 2. The van der Waals surface area contributed by atoms with E-state index in [2.05, 4.69) is 11.2 Å². The Bertz CT molecular complexity index is 306. The van der Waals surface area contributed by atoms with Gasteiger partial charge in [0.1, 0.15) is 6.54 Å². The second kappa shape index (κ2) is 9.31. The molecule has 0 radical (unpaired) electrons. The van der Waals surface area contributed by atoms with E-state index in [-0.39, 0.29) is 12.6 Å². The lowest BCUT2D eigenvalue weighted by Gasteiger charge is -2.23. The standard InChI is InChI=1S/C12H20N2O4/c1-4-6-10(9-18-3)13-12(17)14(7-5-2)8-11(15)16/h2,10H,4,6-9H2,1,3H3,(H,13,17)(H,15,16). The van der Waals surface area contributed by atoms with Gasteiger partial charge in [-0.2, -0.15) is 0 Å². The summed E-state index contributed by atoms with van der Waals surface area (Å²) in [5.41, 5.74) is 0. The second-order valence-electron chi connectivity index (χ2n) is 3.84. The lowest BCUT2D eigenvalue weighted by molar-refractivity contribution is -0.137. The third-order valence-electron chi connectivity index (χ3n) is 2.23. The van der Waals surface area contributed by atoms with Crippen molar-refractivity contribution < 1.29 is 19.4 Å². The Labute approximate surface area is 107 Å². The largest absolute Gasteiger partial charge is 0.480 e. The molecular weight excluding hydrogens is 236 g/mol. The third kappa shape index (κ3) is 6.76. The van der Waals surface area contributed by atoms with Crippen LogP contribution in [0.2, 0.25) is 0 Å². The van der Waals surface area contributed by atoms with Gasteiger partial charge in [0, 0.05) is 7.11 Å². The molecule has 0 aliphatic rings. The summed E-state index contributed by atoms with van der Waals surface area (Å²) < 4.78 is 4.99. The van der Waals surface area contributed by atoms with E-state index in [4.69, 9.17) is 16.3 Å². The molecule has 0 fully saturated rings. The summed E-state index contributed by atoms with van der Waals surface area (Å²) in [6.07, 6.45) is 6.75. The van der Waals surface area contributed by atoms with Gasteiger partial charge < -0.3 is 20.1 Å². The summed E-state index contributed by atoms with van der Waals surface area (Å²) in [7, 11) is 1.55. The monoisotopic (exact) mass is 256 g/mol. The van der Waals surface area contributed by atoms with Crippen molar-refractivity contribution in [3.05, 3.63) is 0 Å². The number of nitrogens with zero attached hydrogens (tertiary/aromatic N) is 1. The van der Waals surface area contributed by atoms with Gasteiger partial charge in [-0.05, 0) is 6.42 Å². The van der Waals surface area contributed by atoms with E-state index in [1.165, 1.54) is 0 Å². The van der Waals surface area contributed by atoms with Crippen molar-refractivity contribution in [1.82, 2.24) is 10.2 Å². The minimum atomic E-state index is -1.10. The molecular formula is C12H20N2O4. The summed E-state index contributed by atoms with van der Waals surface area (Å²) in [6, 6.07) is -0.618. The van der Waals surface area contributed by atoms with Crippen molar-refractivity contribution in [3.63, 3.8) is 0 Å². The predicted molar refractivity (Wildman–Crippen MR) is 67.1 cm³/mol. The number of carboxylic acid groups (broad SMARTS) is 1. The Hall–Kier alpha value is -1.74. The summed E-state index contributed by atoms with van der Waals surface area (Å²) in [5.74, 6) is 1.16. The zero-order chi connectivity index (χ0) is 14.0. The van der Waals surface area contributed by atoms with Crippen LogP contribution in [-0.4, -0.2) is 54.9 Å². The maximum atomic E-state index is 11.8. The molecule has 0 saturated heterocycles. The van der Waals surface area contributed by atoms with Gasteiger partial charge in [0.15, 0.2) is 0 Å². The van der Waals surface area contributed by atoms with Crippen LogP contribution in [0.4, 0.5) is 4.79 Å². The number of nitrogens with one attached hydrogen (secondary N) is 1. The first-order valence-electron chi connectivity index (χ1n) is 5.74. The molecule has 0 heterocycles. The summed E-state index contributed by atoms with van der Waals surface area (Å²) >= 11 is 0. The van der Waals surface area contributed by atoms with Gasteiger partial charge in [-0.1, -0.05) is 19.3 Å². The number of hydrogen-bond donors (Lipinski definition) is 2. The van der Waals surface area contributed by atoms with Crippen LogP contribution in [0.25, 0.3) is 0 Å². The molecule has 0 aromatic rings. The average Bonchev–Trinajstić information content (AvgIpc) is 2.28. The normalized spacial score (nSPS) is 11.4. The van der Waals surface area contributed by atoms with E-state index in [0.717, 1.165) is 17.7 Å². The van der Waals surface area contributed by atoms with E-state index in [0.29, 0.717) is 6.61 Å². The summed E-state index contributed by atoms with van der Waals surface area (Å²) in [5, 5.41) is 11.4. The SMILES string of the molecule is C#CCN(CC(=O)O)C(=O)NC(CCC)COC. The van der Waals surface area contributed by atoms with E-state index in [9.17, 15) is 9.59 Å². The summed E-state index contributed by atoms with van der Waals surface area (Å²) in [4.78, 5) is 23.5. The number of terminal acetylenes is 1. The van der Waals surface area contributed by atoms with E-state index in [1.54, 1.807) is 7.11 Å². The Morgan fingerprint density at radius 2 is 2.22 bits per heavy atom. The molecule has 1 unspecified atom stereocenters. The molecule has 102 valence electrons. The number of carboxylic acids is 1. The quantitative estimate of drug-likeness (QED) is 0.621. The molecule has 0 bridgehead atoms. The lowest BCUT2D eigenvalue weighted by atomic mass is 10.2. The maximum Gasteiger partial charge on any atom is 0.323 e. The van der Waals surface area contributed by atoms with Crippen LogP contribution < -0.4 is 5.32 Å². The van der Waals surface area contributed by atoms with Crippen LogP contribution in [-0.2, 0) is 9.53 Å². The molecule has 6 nitrogen and oxygen atoms in total. The van der Waals surface area contributed by atoms with Crippen molar-refractivity contribution in [2.75, 3.05) is 26.8 Å². The van der Waals surface area contributed by atoms with Crippen LogP contribution in [0.1, 0.15) is 19.8 Å². The minimum absolute atomic E-state index is 0.0377. The first kappa shape index (κ1) is 16.3. The fourth-order valence-corrected chi connectivity index (χ4v) is 1.49. The number of aliphatic carboxylic acids is 1. The number of urea groups is 1. The molecule has 1 atom stereocenters. The number of rotatable bonds is 8. The molecule has 0 aliphatic carbocycles. The fourth-order valence-electron chi connectivity index (χ4n) is 1.49. The Morgan fingerprint density at radius 1 is 1.56 bits per heavy atom. The lowest BCUT2D eigenvalue weighted by Crippen LogP contribution is -2.48. The van der Waals surface area contributed by atoms with E-state index < -0.39 is 18.5 Å². The second-order valence-corrected chi connectivity index (χ2v) is 3.84. The fraction of sp³-hybridized carbons (Fsp3) is 0.667. The van der Waals surface area contributed by atoms with Crippen molar-refractivity contribution >= 4 is 12.0 Å². The predicted octanol–water partition coefficient (Wildman–Crippen LogP) is 0.531. The Morgan fingerprint density at radius 3 is 2.67 bits per heavy atom. The van der Waals surface area contributed by atoms with Gasteiger partial charge in [0.2, 0.25) is 0 Å². The van der Waals surface area contributed by atoms with Crippen molar-refractivity contribution in [2.45, 2.75) is 25.8 Å². The van der Waals surface area contributed by atoms with Crippen LogP contribution in [0.5, 0.6) is 0 Å². The smallest absolute Gasteiger partial charge is 0.323 e. The molecule has 0 rings (SSSR count). The molecule has 6 heteroatoms.